The molecule has 0 amide bonds. The van der Waals surface area contributed by atoms with Crippen molar-refractivity contribution in [2.45, 2.75) is 52.0 Å². The predicted molar refractivity (Wildman–Crippen MR) is 84.0 cm³/mol. The number of benzene rings is 1. The molecule has 0 aliphatic heterocycles. The summed E-state index contributed by atoms with van der Waals surface area (Å²) in [5, 5.41) is 3.37. The first-order valence-electron chi connectivity index (χ1n) is 7.32. The van der Waals surface area contributed by atoms with Crippen LogP contribution < -0.4 is 11.1 Å². The number of unbranched alkanes of at least 4 members (excludes halogenated alkanes) is 3. The van der Waals surface area contributed by atoms with E-state index in [0.29, 0.717) is 17.3 Å². The molecule has 0 spiro atoms. The van der Waals surface area contributed by atoms with E-state index in [4.69, 9.17) is 10.5 Å². The molecule has 0 heterocycles. The van der Waals surface area contributed by atoms with Gasteiger partial charge in [-0.25, -0.2) is 4.79 Å². The first-order valence-corrected chi connectivity index (χ1v) is 7.32. The first kappa shape index (κ1) is 16.3. The number of esters is 1. The number of rotatable bonds is 8. The van der Waals surface area contributed by atoms with E-state index in [1.165, 1.54) is 32.8 Å². The summed E-state index contributed by atoms with van der Waals surface area (Å²) in [5.41, 5.74) is 7.91. The molecule has 0 saturated heterocycles. The van der Waals surface area contributed by atoms with Crippen molar-refractivity contribution in [3.63, 3.8) is 0 Å². The predicted octanol–water partition coefficient (Wildman–Crippen LogP) is 3.83. The van der Waals surface area contributed by atoms with E-state index >= 15 is 0 Å². The summed E-state index contributed by atoms with van der Waals surface area (Å²) >= 11 is 0. The van der Waals surface area contributed by atoms with Gasteiger partial charge in [0.2, 0.25) is 0 Å². The monoisotopic (exact) mass is 278 g/mol. The van der Waals surface area contributed by atoms with E-state index in [1.54, 1.807) is 18.2 Å². The third-order valence-electron chi connectivity index (χ3n) is 3.37. The Hall–Kier alpha value is -1.71. The molecule has 0 bridgehead atoms. The molecular weight excluding hydrogens is 252 g/mol. The number of ether oxygens (including phenoxy) is 1. The molecule has 1 unspecified atom stereocenters. The molecular formula is C16H26N2O2. The van der Waals surface area contributed by atoms with Gasteiger partial charge in [-0.3, -0.25) is 0 Å². The summed E-state index contributed by atoms with van der Waals surface area (Å²) in [6.45, 7) is 4.34. The number of carbonyl (C=O) groups is 1. The number of hydrogen-bond donors (Lipinski definition) is 2. The van der Waals surface area contributed by atoms with Crippen LogP contribution in [0.25, 0.3) is 0 Å². The summed E-state index contributed by atoms with van der Waals surface area (Å²) < 4.78 is 4.72. The number of hydrogen-bond acceptors (Lipinski definition) is 4. The van der Waals surface area contributed by atoms with Gasteiger partial charge in [0.1, 0.15) is 0 Å². The minimum atomic E-state index is -0.344. The maximum absolute atomic E-state index is 11.5. The summed E-state index contributed by atoms with van der Waals surface area (Å²) in [6.07, 6.45) is 6.10. The average molecular weight is 278 g/mol. The van der Waals surface area contributed by atoms with Gasteiger partial charge in [0.15, 0.2) is 0 Å². The maximum atomic E-state index is 11.5. The molecule has 20 heavy (non-hydrogen) atoms. The highest BCUT2D eigenvalue weighted by Gasteiger charge is 2.10. The van der Waals surface area contributed by atoms with Gasteiger partial charge in [-0.2, -0.15) is 0 Å². The lowest BCUT2D eigenvalue weighted by Crippen LogP contribution is -2.16. The van der Waals surface area contributed by atoms with Gasteiger partial charge in [-0.1, -0.05) is 32.6 Å². The topological polar surface area (TPSA) is 64.3 Å². The van der Waals surface area contributed by atoms with Crippen molar-refractivity contribution in [2.24, 2.45) is 0 Å². The van der Waals surface area contributed by atoms with E-state index < -0.39 is 0 Å². The van der Waals surface area contributed by atoms with Crippen LogP contribution in [0.2, 0.25) is 0 Å². The zero-order valence-electron chi connectivity index (χ0n) is 12.7. The molecule has 0 fully saturated rings. The summed E-state index contributed by atoms with van der Waals surface area (Å²) in [5.74, 6) is -0.344. The van der Waals surface area contributed by atoms with Gasteiger partial charge in [0.25, 0.3) is 0 Å². The number of carbonyl (C=O) groups excluding carboxylic acids is 1. The fourth-order valence-corrected chi connectivity index (χ4v) is 2.14. The van der Waals surface area contributed by atoms with Crippen LogP contribution in [0.15, 0.2) is 18.2 Å². The zero-order valence-corrected chi connectivity index (χ0v) is 12.7. The van der Waals surface area contributed by atoms with Crippen LogP contribution in [0.5, 0.6) is 0 Å². The summed E-state index contributed by atoms with van der Waals surface area (Å²) in [6, 6.07) is 5.50. The third kappa shape index (κ3) is 5.11. The van der Waals surface area contributed by atoms with Crippen LogP contribution in [-0.4, -0.2) is 19.1 Å². The minimum absolute atomic E-state index is 0.335. The van der Waals surface area contributed by atoms with Gasteiger partial charge in [0.05, 0.1) is 24.0 Å². The third-order valence-corrected chi connectivity index (χ3v) is 3.37. The van der Waals surface area contributed by atoms with Gasteiger partial charge >= 0.3 is 5.97 Å². The van der Waals surface area contributed by atoms with Crippen molar-refractivity contribution < 1.29 is 9.53 Å². The van der Waals surface area contributed by atoms with Crippen LogP contribution >= 0.6 is 0 Å². The molecule has 1 aromatic rings. The molecule has 1 aromatic carbocycles. The highest BCUT2D eigenvalue weighted by atomic mass is 16.5. The maximum Gasteiger partial charge on any atom is 0.337 e. The summed E-state index contributed by atoms with van der Waals surface area (Å²) in [4.78, 5) is 11.5. The van der Waals surface area contributed by atoms with Crippen molar-refractivity contribution >= 4 is 17.3 Å². The van der Waals surface area contributed by atoms with Gasteiger partial charge < -0.3 is 15.8 Å². The van der Waals surface area contributed by atoms with Crippen LogP contribution in [0, 0.1) is 0 Å². The molecule has 112 valence electrons. The number of nitrogen functional groups attached to an aromatic ring is 1. The number of nitrogens with two attached hydrogens (primary N) is 1. The van der Waals surface area contributed by atoms with Crippen LogP contribution in [0.4, 0.5) is 11.4 Å². The second-order valence-corrected chi connectivity index (χ2v) is 5.19. The van der Waals surface area contributed by atoms with Crippen molar-refractivity contribution in [1.82, 2.24) is 0 Å². The highest BCUT2D eigenvalue weighted by Crippen LogP contribution is 2.22. The molecule has 0 aliphatic rings. The summed E-state index contributed by atoms with van der Waals surface area (Å²) in [7, 11) is 1.38. The van der Waals surface area contributed by atoms with Crippen LogP contribution in [0.3, 0.4) is 0 Å². The van der Waals surface area contributed by atoms with Crippen molar-refractivity contribution in [2.75, 3.05) is 18.2 Å². The second-order valence-electron chi connectivity index (χ2n) is 5.19. The molecule has 0 saturated carbocycles. The van der Waals surface area contributed by atoms with Crippen molar-refractivity contribution in [1.29, 1.82) is 0 Å². The Labute approximate surface area is 121 Å². The van der Waals surface area contributed by atoms with Crippen LogP contribution in [-0.2, 0) is 4.74 Å². The van der Waals surface area contributed by atoms with Gasteiger partial charge in [0, 0.05) is 6.04 Å². The lowest BCUT2D eigenvalue weighted by molar-refractivity contribution is 0.0601. The minimum Gasteiger partial charge on any atom is -0.465 e. The molecule has 4 nitrogen and oxygen atoms in total. The van der Waals surface area contributed by atoms with Crippen LogP contribution in [0.1, 0.15) is 56.3 Å². The molecule has 0 aliphatic carbocycles. The number of methoxy groups -OCH3 is 1. The Kier molecular flexibility index (Phi) is 6.91. The van der Waals surface area contributed by atoms with Gasteiger partial charge in [-0.05, 0) is 31.5 Å². The SMILES string of the molecule is CCCCCCC(C)Nc1cc(C(=O)OC)ccc1N. The largest absolute Gasteiger partial charge is 0.465 e. The van der Waals surface area contributed by atoms with E-state index in [-0.39, 0.29) is 5.97 Å². The Morgan fingerprint density at radius 1 is 1.35 bits per heavy atom. The number of nitrogens with one attached hydrogen (secondary N) is 1. The van der Waals surface area contributed by atoms with E-state index in [1.807, 2.05) is 0 Å². The van der Waals surface area contributed by atoms with Gasteiger partial charge in [-0.15, -0.1) is 0 Å². The first-order chi connectivity index (χ1) is 9.58. The smallest absolute Gasteiger partial charge is 0.337 e. The molecule has 3 N–H and O–H groups in total. The Morgan fingerprint density at radius 2 is 2.10 bits per heavy atom. The van der Waals surface area contributed by atoms with E-state index in [2.05, 4.69) is 19.2 Å². The highest BCUT2D eigenvalue weighted by molar-refractivity contribution is 5.91. The molecule has 0 aromatic heterocycles. The molecule has 4 heteroatoms. The quantitative estimate of drug-likeness (QED) is 0.431. The lowest BCUT2D eigenvalue weighted by atomic mass is 10.1. The Bertz CT molecular complexity index is 432. The zero-order chi connectivity index (χ0) is 15.0. The van der Waals surface area contributed by atoms with E-state index in [9.17, 15) is 4.79 Å². The fourth-order valence-electron chi connectivity index (χ4n) is 2.14. The number of anilines is 2. The van der Waals surface area contributed by atoms with Crippen molar-refractivity contribution in [3.8, 4) is 0 Å². The normalized spacial score (nSPS) is 11.9. The Morgan fingerprint density at radius 3 is 2.75 bits per heavy atom. The van der Waals surface area contributed by atoms with Crippen molar-refractivity contribution in [3.05, 3.63) is 23.8 Å². The van der Waals surface area contributed by atoms with E-state index in [0.717, 1.165) is 12.1 Å². The molecule has 0 radical (unpaired) electrons. The second kappa shape index (κ2) is 8.46. The molecule has 1 rings (SSSR count). The fraction of sp³-hybridized carbons (Fsp3) is 0.562. The standard InChI is InChI=1S/C16H26N2O2/c1-4-5-6-7-8-12(2)18-15-11-13(16(19)20-3)9-10-14(15)17/h9-12,18H,4-8,17H2,1-3H3. The average Bonchev–Trinajstić information content (AvgIpc) is 2.45. The lowest BCUT2D eigenvalue weighted by Gasteiger charge is -2.17. The Balaban J connectivity index is 2.59. The molecule has 1 atom stereocenters.